The van der Waals surface area contributed by atoms with Crippen LogP contribution in [0, 0.1) is 13.8 Å². The van der Waals surface area contributed by atoms with Crippen LogP contribution < -0.4 is 4.74 Å². The molecule has 21 heavy (non-hydrogen) atoms. The summed E-state index contributed by atoms with van der Waals surface area (Å²) in [7, 11) is 0. The minimum absolute atomic E-state index is 0.571. The Bertz CT molecular complexity index is 714. The van der Waals surface area contributed by atoms with Crippen molar-refractivity contribution in [2.45, 2.75) is 20.5 Å². The van der Waals surface area contributed by atoms with Gasteiger partial charge in [-0.05, 0) is 31.5 Å². The fraction of sp³-hybridized carbons (Fsp3) is 0.167. The highest BCUT2D eigenvalue weighted by molar-refractivity contribution is 7.15. The highest BCUT2D eigenvalue weighted by Gasteiger charge is 2.11. The Kier molecular flexibility index (Phi) is 4.02. The Labute approximate surface area is 129 Å². The molecule has 106 valence electrons. The Hall–Kier alpha value is -2.13. The maximum absolute atomic E-state index is 5.99. The monoisotopic (exact) mass is 295 g/mol. The second kappa shape index (κ2) is 6.10. The highest BCUT2D eigenvalue weighted by Crippen LogP contribution is 2.34. The zero-order valence-electron chi connectivity index (χ0n) is 12.2. The van der Waals surface area contributed by atoms with E-state index in [0.29, 0.717) is 6.61 Å². The molecule has 3 aromatic rings. The van der Waals surface area contributed by atoms with Crippen molar-refractivity contribution in [3.05, 3.63) is 70.7 Å². The molecule has 3 heteroatoms. The lowest BCUT2D eigenvalue weighted by atomic mass is 10.2. The maximum atomic E-state index is 5.99. The van der Waals surface area contributed by atoms with Crippen LogP contribution in [-0.4, -0.2) is 4.98 Å². The van der Waals surface area contributed by atoms with Gasteiger partial charge in [0.05, 0.1) is 11.3 Å². The number of ether oxygens (including phenoxy) is 1. The lowest BCUT2D eigenvalue weighted by molar-refractivity contribution is 0.307. The third-order valence-corrected chi connectivity index (χ3v) is 4.49. The van der Waals surface area contributed by atoms with Crippen LogP contribution in [0.25, 0.3) is 10.6 Å². The standard InChI is InChI=1S/C18H17NOS/c1-13-14(2)21-18(19-13)16-10-6-7-11-17(16)20-12-15-8-4-3-5-9-15/h3-11H,12H2,1-2H3. The third kappa shape index (κ3) is 3.14. The highest BCUT2D eigenvalue weighted by atomic mass is 32.1. The third-order valence-electron chi connectivity index (χ3n) is 3.38. The SMILES string of the molecule is Cc1nc(-c2ccccc2OCc2ccccc2)sc1C. The number of aromatic nitrogens is 1. The topological polar surface area (TPSA) is 22.1 Å². The molecule has 0 aliphatic heterocycles. The molecule has 0 aliphatic rings. The summed E-state index contributed by atoms with van der Waals surface area (Å²) in [6.07, 6.45) is 0. The molecule has 0 spiro atoms. The average Bonchev–Trinajstić information content (AvgIpc) is 2.86. The minimum Gasteiger partial charge on any atom is -0.488 e. The molecule has 0 bridgehead atoms. The maximum Gasteiger partial charge on any atom is 0.130 e. The summed E-state index contributed by atoms with van der Waals surface area (Å²) in [6.45, 7) is 4.72. The molecular formula is C18H17NOS. The number of hydrogen-bond donors (Lipinski definition) is 0. The van der Waals surface area contributed by atoms with Gasteiger partial charge < -0.3 is 4.74 Å². The lowest BCUT2D eigenvalue weighted by Gasteiger charge is -2.09. The molecule has 2 aromatic carbocycles. The fourth-order valence-corrected chi connectivity index (χ4v) is 3.04. The molecule has 0 saturated heterocycles. The average molecular weight is 295 g/mol. The summed E-state index contributed by atoms with van der Waals surface area (Å²) >= 11 is 1.71. The molecule has 0 unspecified atom stereocenters. The Morgan fingerprint density at radius 3 is 2.38 bits per heavy atom. The summed E-state index contributed by atoms with van der Waals surface area (Å²) in [4.78, 5) is 5.89. The Morgan fingerprint density at radius 1 is 0.952 bits per heavy atom. The van der Waals surface area contributed by atoms with E-state index in [9.17, 15) is 0 Å². The molecule has 1 aromatic heterocycles. The van der Waals surface area contributed by atoms with E-state index >= 15 is 0 Å². The van der Waals surface area contributed by atoms with Gasteiger partial charge in [-0.25, -0.2) is 4.98 Å². The molecule has 0 fully saturated rings. The van der Waals surface area contributed by atoms with Crippen molar-refractivity contribution in [2.24, 2.45) is 0 Å². The number of para-hydroxylation sites is 1. The van der Waals surface area contributed by atoms with Crippen molar-refractivity contribution < 1.29 is 4.74 Å². The van der Waals surface area contributed by atoms with Crippen LogP contribution in [0.1, 0.15) is 16.1 Å². The molecule has 0 saturated carbocycles. The quantitative estimate of drug-likeness (QED) is 0.675. The summed E-state index contributed by atoms with van der Waals surface area (Å²) in [5.74, 6) is 0.884. The molecule has 2 nitrogen and oxygen atoms in total. The van der Waals surface area contributed by atoms with E-state index in [0.717, 1.165) is 22.0 Å². The zero-order valence-corrected chi connectivity index (χ0v) is 13.0. The van der Waals surface area contributed by atoms with Gasteiger partial charge in [-0.15, -0.1) is 11.3 Å². The summed E-state index contributed by atoms with van der Waals surface area (Å²) in [5, 5.41) is 1.02. The summed E-state index contributed by atoms with van der Waals surface area (Å²) in [6, 6.07) is 18.3. The number of hydrogen-bond acceptors (Lipinski definition) is 3. The first-order chi connectivity index (χ1) is 10.2. The van der Waals surface area contributed by atoms with E-state index in [1.54, 1.807) is 11.3 Å². The van der Waals surface area contributed by atoms with Crippen LogP contribution in [0.4, 0.5) is 0 Å². The molecule has 0 atom stereocenters. The number of rotatable bonds is 4. The molecule has 3 rings (SSSR count). The van der Waals surface area contributed by atoms with Crippen LogP contribution in [0.2, 0.25) is 0 Å². The number of nitrogens with zero attached hydrogens (tertiary/aromatic N) is 1. The van der Waals surface area contributed by atoms with Crippen LogP contribution in [0.15, 0.2) is 54.6 Å². The number of benzene rings is 2. The first-order valence-corrected chi connectivity index (χ1v) is 7.76. The van der Waals surface area contributed by atoms with Gasteiger partial charge in [-0.1, -0.05) is 42.5 Å². The number of aryl methyl sites for hydroxylation is 2. The Balaban J connectivity index is 1.86. The second-order valence-corrected chi connectivity index (χ2v) is 6.13. The summed E-state index contributed by atoms with van der Waals surface area (Å²) in [5.41, 5.74) is 3.32. The Morgan fingerprint density at radius 2 is 1.67 bits per heavy atom. The van der Waals surface area contributed by atoms with Gasteiger partial charge in [-0.3, -0.25) is 0 Å². The largest absolute Gasteiger partial charge is 0.488 e. The van der Waals surface area contributed by atoms with Gasteiger partial charge in [0.2, 0.25) is 0 Å². The van der Waals surface area contributed by atoms with Crippen molar-refractivity contribution in [2.75, 3.05) is 0 Å². The van der Waals surface area contributed by atoms with Crippen molar-refractivity contribution >= 4 is 11.3 Å². The van der Waals surface area contributed by atoms with E-state index in [-0.39, 0.29) is 0 Å². The van der Waals surface area contributed by atoms with Crippen molar-refractivity contribution in [3.8, 4) is 16.3 Å². The lowest BCUT2D eigenvalue weighted by Crippen LogP contribution is -1.96. The van der Waals surface area contributed by atoms with Gasteiger partial charge >= 0.3 is 0 Å². The number of thiazole rings is 1. The van der Waals surface area contributed by atoms with Gasteiger partial charge in [0.15, 0.2) is 0 Å². The first-order valence-electron chi connectivity index (χ1n) is 6.94. The van der Waals surface area contributed by atoms with Crippen molar-refractivity contribution in [1.29, 1.82) is 0 Å². The van der Waals surface area contributed by atoms with Crippen molar-refractivity contribution in [1.82, 2.24) is 4.98 Å². The summed E-state index contributed by atoms with van der Waals surface area (Å²) < 4.78 is 5.99. The van der Waals surface area contributed by atoms with E-state index in [4.69, 9.17) is 4.74 Å². The predicted molar refractivity (Wildman–Crippen MR) is 87.8 cm³/mol. The first kappa shape index (κ1) is 13.8. The van der Waals surface area contributed by atoms with E-state index in [1.807, 2.05) is 43.3 Å². The van der Waals surface area contributed by atoms with Crippen LogP contribution >= 0.6 is 11.3 Å². The smallest absolute Gasteiger partial charge is 0.130 e. The van der Waals surface area contributed by atoms with E-state index in [2.05, 4.69) is 30.1 Å². The van der Waals surface area contributed by atoms with E-state index < -0.39 is 0 Å². The van der Waals surface area contributed by atoms with Crippen LogP contribution in [-0.2, 0) is 6.61 Å². The van der Waals surface area contributed by atoms with E-state index in [1.165, 1.54) is 10.4 Å². The molecule has 0 radical (unpaired) electrons. The zero-order chi connectivity index (χ0) is 14.7. The van der Waals surface area contributed by atoms with Crippen LogP contribution in [0.3, 0.4) is 0 Å². The van der Waals surface area contributed by atoms with Gasteiger partial charge in [-0.2, -0.15) is 0 Å². The second-order valence-electron chi connectivity index (χ2n) is 4.93. The normalized spacial score (nSPS) is 10.6. The minimum atomic E-state index is 0.571. The van der Waals surface area contributed by atoms with Crippen molar-refractivity contribution in [3.63, 3.8) is 0 Å². The predicted octanol–water partition coefficient (Wildman–Crippen LogP) is 5.01. The molecular weight excluding hydrogens is 278 g/mol. The molecule has 0 N–H and O–H groups in total. The molecule has 0 amide bonds. The van der Waals surface area contributed by atoms with Gasteiger partial charge in [0.25, 0.3) is 0 Å². The molecule has 0 aliphatic carbocycles. The van der Waals surface area contributed by atoms with Gasteiger partial charge in [0.1, 0.15) is 17.4 Å². The van der Waals surface area contributed by atoms with Crippen LogP contribution in [0.5, 0.6) is 5.75 Å². The van der Waals surface area contributed by atoms with Gasteiger partial charge in [0, 0.05) is 4.88 Å². The fourth-order valence-electron chi connectivity index (χ4n) is 2.09. The molecule has 1 heterocycles.